The number of hydrogen-bond donors (Lipinski definition) is 1. The first-order valence-corrected chi connectivity index (χ1v) is 4.80. The Hall–Kier alpha value is -0.210. The summed E-state index contributed by atoms with van der Waals surface area (Å²) in [6, 6.07) is 4.75. The molecule has 0 aliphatic carbocycles. The van der Waals surface area contributed by atoms with Gasteiger partial charge in [0.25, 0.3) is 0 Å². The Morgan fingerprint density at radius 1 is 1.42 bits per heavy atom. The van der Waals surface area contributed by atoms with Crippen LogP contribution < -0.4 is 0 Å². The van der Waals surface area contributed by atoms with Crippen molar-refractivity contribution in [2.75, 3.05) is 5.75 Å². The van der Waals surface area contributed by atoms with Crippen molar-refractivity contribution in [2.45, 2.75) is 12.8 Å². The van der Waals surface area contributed by atoms with Crippen LogP contribution in [0.4, 0.5) is 4.39 Å². The normalized spacial score (nSPS) is 10.2. The van der Waals surface area contributed by atoms with Gasteiger partial charge in [-0.15, -0.1) is 0 Å². The topological polar surface area (TPSA) is 0 Å². The predicted molar refractivity (Wildman–Crippen MR) is 53.6 cm³/mol. The van der Waals surface area contributed by atoms with Crippen molar-refractivity contribution >= 4 is 24.2 Å². The van der Waals surface area contributed by atoms with E-state index in [0.717, 1.165) is 12.2 Å². The van der Waals surface area contributed by atoms with Gasteiger partial charge >= 0.3 is 0 Å². The highest BCUT2D eigenvalue weighted by Crippen LogP contribution is 2.20. The van der Waals surface area contributed by atoms with E-state index in [2.05, 4.69) is 12.6 Å². The van der Waals surface area contributed by atoms with Crippen molar-refractivity contribution in [3.8, 4) is 0 Å². The summed E-state index contributed by atoms with van der Waals surface area (Å²) < 4.78 is 13.1. The third-order valence-electron chi connectivity index (χ3n) is 1.65. The van der Waals surface area contributed by atoms with Gasteiger partial charge in [-0.1, -0.05) is 17.7 Å². The van der Waals surface area contributed by atoms with Crippen LogP contribution >= 0.6 is 24.2 Å². The Morgan fingerprint density at radius 2 is 2.17 bits per heavy atom. The highest BCUT2D eigenvalue weighted by atomic mass is 35.5. The molecule has 1 aromatic rings. The van der Waals surface area contributed by atoms with Gasteiger partial charge in [-0.3, -0.25) is 0 Å². The molecule has 1 aromatic carbocycles. The number of thiol groups is 1. The summed E-state index contributed by atoms with van der Waals surface area (Å²) in [5.74, 6) is 0.536. The van der Waals surface area contributed by atoms with Crippen LogP contribution in [-0.4, -0.2) is 5.75 Å². The largest absolute Gasteiger partial charge is 0.207 e. The summed E-state index contributed by atoms with van der Waals surface area (Å²) in [7, 11) is 0. The molecule has 0 amide bonds. The first-order chi connectivity index (χ1) is 5.75. The van der Waals surface area contributed by atoms with E-state index in [0.29, 0.717) is 17.0 Å². The molecule has 0 radical (unpaired) electrons. The summed E-state index contributed by atoms with van der Waals surface area (Å²) in [6.45, 7) is 0. The van der Waals surface area contributed by atoms with E-state index < -0.39 is 0 Å². The highest BCUT2D eigenvalue weighted by molar-refractivity contribution is 7.80. The molecular formula is C9H10ClFS. The van der Waals surface area contributed by atoms with Crippen LogP contribution in [-0.2, 0) is 6.42 Å². The zero-order valence-electron chi connectivity index (χ0n) is 6.56. The molecule has 0 aromatic heterocycles. The second-order valence-electron chi connectivity index (χ2n) is 2.53. The summed E-state index contributed by atoms with van der Waals surface area (Å²) >= 11 is 9.85. The molecule has 0 bridgehead atoms. The minimum atomic E-state index is -0.218. The molecule has 3 heteroatoms. The van der Waals surface area contributed by atoms with Gasteiger partial charge in [-0.05, 0) is 30.7 Å². The molecule has 0 aliphatic heterocycles. The van der Waals surface area contributed by atoms with Crippen LogP contribution in [0.5, 0.6) is 0 Å². The fourth-order valence-electron chi connectivity index (χ4n) is 1.03. The standard InChI is InChI=1S/C9H10ClFS/c10-8-4-1-5-9(11)7(8)3-2-6-12/h1,4-5,12H,2-3,6H2. The molecule has 0 saturated carbocycles. The van der Waals surface area contributed by atoms with E-state index in [1.54, 1.807) is 12.1 Å². The smallest absolute Gasteiger partial charge is 0.127 e. The molecule has 0 unspecified atom stereocenters. The molecule has 0 spiro atoms. The molecule has 66 valence electrons. The van der Waals surface area contributed by atoms with Crippen LogP contribution in [0.3, 0.4) is 0 Å². The average molecular weight is 205 g/mol. The Kier molecular flexibility index (Phi) is 3.89. The molecule has 0 fully saturated rings. The lowest BCUT2D eigenvalue weighted by atomic mass is 10.1. The predicted octanol–water partition coefficient (Wildman–Crippen LogP) is 3.34. The van der Waals surface area contributed by atoms with Crippen LogP contribution in [0.15, 0.2) is 18.2 Å². The van der Waals surface area contributed by atoms with E-state index in [9.17, 15) is 4.39 Å². The Labute approximate surface area is 82.2 Å². The first kappa shape index (κ1) is 9.87. The molecule has 0 heterocycles. The molecule has 0 saturated heterocycles. The second-order valence-corrected chi connectivity index (χ2v) is 3.38. The van der Waals surface area contributed by atoms with Crippen molar-refractivity contribution in [1.29, 1.82) is 0 Å². The lowest BCUT2D eigenvalue weighted by Crippen LogP contribution is -1.92. The van der Waals surface area contributed by atoms with Crippen LogP contribution in [0, 0.1) is 5.82 Å². The fourth-order valence-corrected chi connectivity index (χ4v) is 1.44. The number of benzene rings is 1. The van der Waals surface area contributed by atoms with Gasteiger partial charge in [0.15, 0.2) is 0 Å². The van der Waals surface area contributed by atoms with Crippen molar-refractivity contribution in [3.05, 3.63) is 34.6 Å². The zero-order valence-corrected chi connectivity index (χ0v) is 8.21. The lowest BCUT2D eigenvalue weighted by Gasteiger charge is -2.03. The minimum absolute atomic E-state index is 0.218. The summed E-state index contributed by atoms with van der Waals surface area (Å²) in [5, 5.41) is 0.511. The summed E-state index contributed by atoms with van der Waals surface area (Å²) in [4.78, 5) is 0. The Balaban J connectivity index is 2.81. The van der Waals surface area contributed by atoms with E-state index >= 15 is 0 Å². The minimum Gasteiger partial charge on any atom is -0.207 e. The van der Waals surface area contributed by atoms with Gasteiger partial charge in [-0.25, -0.2) is 4.39 Å². The van der Waals surface area contributed by atoms with Gasteiger partial charge in [-0.2, -0.15) is 12.6 Å². The van der Waals surface area contributed by atoms with Crippen molar-refractivity contribution in [3.63, 3.8) is 0 Å². The van der Waals surface area contributed by atoms with Crippen LogP contribution in [0.25, 0.3) is 0 Å². The maximum absolute atomic E-state index is 13.1. The molecular weight excluding hydrogens is 195 g/mol. The van der Waals surface area contributed by atoms with Gasteiger partial charge in [0, 0.05) is 10.6 Å². The first-order valence-electron chi connectivity index (χ1n) is 3.79. The molecule has 0 aliphatic rings. The lowest BCUT2D eigenvalue weighted by molar-refractivity contribution is 0.608. The molecule has 1 rings (SSSR count). The number of rotatable bonds is 3. The Bertz CT molecular complexity index is 242. The summed E-state index contributed by atoms with van der Waals surface area (Å²) in [6.07, 6.45) is 1.51. The molecule has 12 heavy (non-hydrogen) atoms. The van der Waals surface area contributed by atoms with Crippen molar-refractivity contribution in [2.24, 2.45) is 0 Å². The maximum Gasteiger partial charge on any atom is 0.127 e. The van der Waals surface area contributed by atoms with E-state index in [1.165, 1.54) is 6.07 Å². The van der Waals surface area contributed by atoms with Crippen LogP contribution in [0.1, 0.15) is 12.0 Å². The van der Waals surface area contributed by atoms with Gasteiger partial charge in [0.2, 0.25) is 0 Å². The van der Waals surface area contributed by atoms with E-state index in [1.807, 2.05) is 0 Å². The van der Waals surface area contributed by atoms with Crippen LogP contribution in [0.2, 0.25) is 5.02 Å². The van der Waals surface area contributed by atoms with Gasteiger partial charge in [0.1, 0.15) is 5.82 Å². The van der Waals surface area contributed by atoms with Gasteiger partial charge in [0.05, 0.1) is 0 Å². The second kappa shape index (κ2) is 4.73. The molecule has 0 nitrogen and oxygen atoms in total. The zero-order chi connectivity index (χ0) is 8.97. The molecule has 0 atom stereocenters. The van der Waals surface area contributed by atoms with E-state index in [4.69, 9.17) is 11.6 Å². The Morgan fingerprint density at radius 3 is 2.75 bits per heavy atom. The summed E-state index contributed by atoms with van der Waals surface area (Å²) in [5.41, 5.74) is 0.605. The molecule has 0 N–H and O–H groups in total. The quantitative estimate of drug-likeness (QED) is 0.718. The highest BCUT2D eigenvalue weighted by Gasteiger charge is 2.04. The number of halogens is 2. The fraction of sp³-hybridized carbons (Fsp3) is 0.333. The van der Waals surface area contributed by atoms with E-state index in [-0.39, 0.29) is 5.82 Å². The maximum atomic E-state index is 13.1. The third-order valence-corrected chi connectivity index (χ3v) is 2.32. The monoisotopic (exact) mass is 204 g/mol. The van der Waals surface area contributed by atoms with Crippen molar-refractivity contribution < 1.29 is 4.39 Å². The number of hydrogen-bond acceptors (Lipinski definition) is 1. The van der Waals surface area contributed by atoms with Crippen molar-refractivity contribution in [1.82, 2.24) is 0 Å². The average Bonchev–Trinajstić information content (AvgIpc) is 2.04. The SMILES string of the molecule is Fc1cccc(Cl)c1CCCS. The van der Waals surface area contributed by atoms with Gasteiger partial charge < -0.3 is 0 Å². The third kappa shape index (κ3) is 2.39.